The second kappa shape index (κ2) is 6.40. The lowest BCUT2D eigenvalue weighted by Gasteiger charge is -2.14. The van der Waals surface area contributed by atoms with Crippen LogP contribution in [0.15, 0.2) is 48.5 Å². The van der Waals surface area contributed by atoms with E-state index in [1.165, 1.54) is 6.07 Å². The van der Waals surface area contributed by atoms with Crippen LogP contribution in [0.3, 0.4) is 0 Å². The molecule has 0 heterocycles. The summed E-state index contributed by atoms with van der Waals surface area (Å²) in [7, 11) is 1.14. The van der Waals surface area contributed by atoms with E-state index in [-0.39, 0.29) is 11.3 Å². The Morgan fingerprint density at radius 2 is 1.77 bits per heavy atom. The van der Waals surface area contributed by atoms with E-state index in [1.54, 1.807) is 30.3 Å². The third-order valence-corrected chi connectivity index (χ3v) is 3.56. The number of carbonyl (C=O) groups is 1. The van der Waals surface area contributed by atoms with Gasteiger partial charge >= 0.3 is 6.18 Å². The summed E-state index contributed by atoms with van der Waals surface area (Å²) in [4.78, 5) is 12.3. The highest BCUT2D eigenvalue weighted by atomic mass is 35.5. The topological polar surface area (TPSA) is 26.3 Å². The molecule has 0 aliphatic rings. The first-order chi connectivity index (χ1) is 10.3. The molecule has 0 saturated heterocycles. The second-order valence-corrected chi connectivity index (χ2v) is 4.99. The van der Waals surface area contributed by atoms with Gasteiger partial charge in [0.15, 0.2) is 5.78 Å². The van der Waals surface area contributed by atoms with Crippen molar-refractivity contribution < 1.29 is 22.7 Å². The average molecular weight is 329 g/mol. The molecule has 0 aromatic heterocycles. The van der Waals surface area contributed by atoms with Crippen molar-refractivity contribution in [3.63, 3.8) is 0 Å². The number of rotatable bonds is 4. The zero-order chi connectivity index (χ0) is 16.3. The number of ether oxygens (including phenoxy) is 1. The van der Waals surface area contributed by atoms with E-state index in [0.717, 1.165) is 19.2 Å². The number of halogens is 4. The normalized spacial score (nSPS) is 12.8. The first kappa shape index (κ1) is 16.4. The molecule has 2 rings (SSSR count). The maximum absolute atomic E-state index is 13.0. The third-order valence-electron chi connectivity index (χ3n) is 3.11. The zero-order valence-electron chi connectivity index (χ0n) is 11.5. The lowest BCUT2D eigenvalue weighted by Crippen LogP contribution is -2.12. The van der Waals surface area contributed by atoms with Crippen molar-refractivity contribution in [3.8, 4) is 5.75 Å². The minimum absolute atomic E-state index is 0.114. The number of hydrogen-bond donors (Lipinski definition) is 0. The standard InChI is InChI=1S/C16H12ClF3O2/c1-22-13-8-7-11(9-12(13)16(18,19)20)15(21)14(17)10-5-3-2-4-6-10/h2-9,14H,1H3. The summed E-state index contributed by atoms with van der Waals surface area (Å²) in [6.45, 7) is 0. The Morgan fingerprint density at radius 1 is 1.14 bits per heavy atom. The Morgan fingerprint density at radius 3 is 2.32 bits per heavy atom. The molecule has 0 aliphatic heterocycles. The first-order valence-electron chi connectivity index (χ1n) is 6.33. The zero-order valence-corrected chi connectivity index (χ0v) is 12.3. The molecule has 2 aromatic carbocycles. The molecule has 2 aromatic rings. The number of methoxy groups -OCH3 is 1. The van der Waals surface area contributed by atoms with E-state index >= 15 is 0 Å². The van der Waals surface area contributed by atoms with E-state index < -0.39 is 22.9 Å². The van der Waals surface area contributed by atoms with Gasteiger partial charge in [-0.25, -0.2) is 0 Å². The van der Waals surface area contributed by atoms with Gasteiger partial charge in [0.2, 0.25) is 0 Å². The summed E-state index contributed by atoms with van der Waals surface area (Å²) in [5, 5.41) is -1.05. The van der Waals surface area contributed by atoms with Gasteiger partial charge in [0, 0.05) is 5.56 Å². The maximum Gasteiger partial charge on any atom is 0.419 e. The first-order valence-corrected chi connectivity index (χ1v) is 6.76. The minimum atomic E-state index is -4.61. The monoisotopic (exact) mass is 328 g/mol. The van der Waals surface area contributed by atoms with Gasteiger partial charge in [-0.3, -0.25) is 4.79 Å². The van der Waals surface area contributed by atoms with E-state index in [1.807, 2.05) is 0 Å². The molecule has 22 heavy (non-hydrogen) atoms. The van der Waals surface area contributed by atoms with Crippen molar-refractivity contribution in [1.29, 1.82) is 0 Å². The predicted molar refractivity (Wildman–Crippen MR) is 77.4 cm³/mol. The number of benzene rings is 2. The lowest BCUT2D eigenvalue weighted by atomic mass is 10.00. The highest BCUT2D eigenvalue weighted by Crippen LogP contribution is 2.37. The van der Waals surface area contributed by atoms with Crippen LogP contribution in [-0.4, -0.2) is 12.9 Å². The summed E-state index contributed by atoms with van der Waals surface area (Å²) >= 11 is 6.07. The van der Waals surface area contributed by atoms with Crippen molar-refractivity contribution in [2.45, 2.75) is 11.6 Å². The highest BCUT2D eigenvalue weighted by Gasteiger charge is 2.35. The van der Waals surface area contributed by atoms with E-state index in [0.29, 0.717) is 5.56 Å². The molecule has 2 nitrogen and oxygen atoms in total. The van der Waals surface area contributed by atoms with Crippen LogP contribution in [0.4, 0.5) is 13.2 Å². The molecule has 6 heteroatoms. The Bertz CT molecular complexity index is 669. The van der Waals surface area contributed by atoms with Crippen molar-refractivity contribution in [3.05, 3.63) is 65.2 Å². The third kappa shape index (κ3) is 3.42. The lowest BCUT2D eigenvalue weighted by molar-refractivity contribution is -0.138. The molecule has 0 fully saturated rings. The van der Waals surface area contributed by atoms with Gasteiger partial charge in [-0.2, -0.15) is 13.2 Å². The summed E-state index contributed by atoms with van der Waals surface area (Å²) in [5.41, 5.74) is -0.590. The maximum atomic E-state index is 13.0. The summed E-state index contributed by atoms with van der Waals surface area (Å²) in [5.74, 6) is -0.934. The highest BCUT2D eigenvalue weighted by molar-refractivity contribution is 6.33. The molecule has 0 bridgehead atoms. The van der Waals surface area contributed by atoms with Gasteiger partial charge in [0.05, 0.1) is 12.7 Å². The molecule has 116 valence electrons. The van der Waals surface area contributed by atoms with Crippen LogP contribution in [0.25, 0.3) is 0 Å². The molecule has 0 saturated carbocycles. The largest absolute Gasteiger partial charge is 0.496 e. The number of hydrogen-bond acceptors (Lipinski definition) is 2. The average Bonchev–Trinajstić information content (AvgIpc) is 2.52. The van der Waals surface area contributed by atoms with Crippen LogP contribution in [-0.2, 0) is 6.18 Å². The number of ketones is 1. The summed E-state index contributed by atoms with van der Waals surface area (Å²) in [6, 6.07) is 11.6. The fraction of sp³-hybridized carbons (Fsp3) is 0.188. The fourth-order valence-electron chi connectivity index (χ4n) is 2.00. The number of alkyl halides is 4. The van der Waals surface area contributed by atoms with Crippen LogP contribution in [0.2, 0.25) is 0 Å². The van der Waals surface area contributed by atoms with Crippen molar-refractivity contribution in [1.82, 2.24) is 0 Å². The number of Topliss-reactive ketones (excluding diaryl/α,β-unsaturated/α-hetero) is 1. The second-order valence-electron chi connectivity index (χ2n) is 4.55. The number of carbonyl (C=O) groups excluding carboxylic acids is 1. The van der Waals surface area contributed by atoms with Crippen LogP contribution in [0.5, 0.6) is 5.75 Å². The molecular weight excluding hydrogens is 317 g/mol. The Labute approximate surface area is 130 Å². The fourth-order valence-corrected chi connectivity index (χ4v) is 2.27. The van der Waals surface area contributed by atoms with Crippen molar-refractivity contribution >= 4 is 17.4 Å². The quantitative estimate of drug-likeness (QED) is 0.591. The molecule has 0 amide bonds. The van der Waals surface area contributed by atoms with E-state index in [9.17, 15) is 18.0 Å². The molecule has 1 unspecified atom stereocenters. The van der Waals surface area contributed by atoms with Gasteiger partial charge in [-0.15, -0.1) is 11.6 Å². The van der Waals surface area contributed by atoms with E-state index in [4.69, 9.17) is 11.6 Å². The summed E-state index contributed by atoms with van der Waals surface area (Å²) < 4.78 is 43.6. The SMILES string of the molecule is COc1ccc(C(=O)C(Cl)c2ccccc2)cc1C(F)(F)F. The van der Waals surface area contributed by atoms with Crippen molar-refractivity contribution in [2.24, 2.45) is 0 Å². The molecule has 1 atom stereocenters. The smallest absolute Gasteiger partial charge is 0.419 e. The summed E-state index contributed by atoms with van der Waals surface area (Å²) in [6.07, 6.45) is -4.61. The van der Waals surface area contributed by atoms with Crippen LogP contribution < -0.4 is 4.74 Å². The molecule has 0 aliphatic carbocycles. The van der Waals surface area contributed by atoms with Crippen LogP contribution >= 0.6 is 11.6 Å². The van der Waals surface area contributed by atoms with Crippen molar-refractivity contribution in [2.75, 3.05) is 7.11 Å². The minimum Gasteiger partial charge on any atom is -0.496 e. The van der Waals surface area contributed by atoms with Gasteiger partial charge < -0.3 is 4.74 Å². The van der Waals surface area contributed by atoms with Gasteiger partial charge in [0.1, 0.15) is 11.1 Å². The van der Waals surface area contributed by atoms with Gasteiger partial charge in [0.25, 0.3) is 0 Å². The predicted octanol–water partition coefficient (Wildman–Crippen LogP) is 4.88. The van der Waals surface area contributed by atoms with Gasteiger partial charge in [-0.05, 0) is 23.8 Å². The molecule has 0 spiro atoms. The van der Waals surface area contributed by atoms with Crippen LogP contribution in [0.1, 0.15) is 26.9 Å². The molecule has 0 radical (unpaired) electrons. The van der Waals surface area contributed by atoms with Crippen LogP contribution in [0, 0.1) is 0 Å². The molecular formula is C16H12ClF3O2. The molecule has 0 N–H and O–H groups in total. The van der Waals surface area contributed by atoms with Gasteiger partial charge in [-0.1, -0.05) is 30.3 Å². The van der Waals surface area contributed by atoms with E-state index in [2.05, 4.69) is 4.74 Å². The Hall–Kier alpha value is -2.01. The Balaban J connectivity index is 2.39. The Kier molecular flexibility index (Phi) is 4.76.